The normalized spacial score (nSPS) is 9.94. The van der Waals surface area contributed by atoms with E-state index in [0.717, 1.165) is 0 Å². The molecule has 0 aromatic heterocycles. The molecule has 2 N–H and O–H groups in total. The monoisotopic (exact) mass is 242 g/mol. The summed E-state index contributed by atoms with van der Waals surface area (Å²) in [6, 6.07) is 5.03. The molecule has 1 amide bonds. The molecule has 0 saturated carbocycles. The van der Waals surface area contributed by atoms with Gasteiger partial charge >= 0.3 is 0 Å². The summed E-state index contributed by atoms with van der Waals surface area (Å²) >= 11 is 5.83. The molecule has 0 heterocycles. The summed E-state index contributed by atoms with van der Waals surface area (Å²) < 4.78 is 5.38. The van der Waals surface area contributed by atoms with Gasteiger partial charge in [-0.1, -0.05) is 11.6 Å². The number of nitrogens with zero attached hydrogens (tertiary/aromatic N) is 1. The number of carbonyl (C=O) groups excluding carboxylic acids is 1. The predicted octanol–water partition coefficient (Wildman–Crippen LogP) is 1.78. The van der Waals surface area contributed by atoms with E-state index in [2.05, 4.69) is 0 Å². The Morgan fingerprint density at radius 3 is 2.75 bits per heavy atom. The number of benzene rings is 1. The lowest BCUT2D eigenvalue weighted by Crippen LogP contribution is -2.23. The molecule has 0 radical (unpaired) electrons. The Kier molecular flexibility index (Phi) is 4.43. The minimum Gasteiger partial charge on any atom is -0.493 e. The Labute approximate surface area is 99.9 Å². The van der Waals surface area contributed by atoms with Crippen molar-refractivity contribution in [2.24, 2.45) is 0 Å². The van der Waals surface area contributed by atoms with Gasteiger partial charge < -0.3 is 15.4 Å². The molecule has 0 aliphatic carbocycles. The Morgan fingerprint density at radius 2 is 2.19 bits per heavy atom. The summed E-state index contributed by atoms with van der Waals surface area (Å²) in [5, 5.41) is 0.455. The maximum atomic E-state index is 11.3. The Balaban J connectivity index is 2.43. The molecule has 0 fully saturated rings. The second kappa shape index (κ2) is 5.61. The van der Waals surface area contributed by atoms with E-state index in [9.17, 15) is 4.79 Å². The number of hydrogen-bond donors (Lipinski definition) is 1. The third-order valence-corrected chi connectivity index (χ3v) is 2.38. The van der Waals surface area contributed by atoms with Crippen LogP contribution in [0.2, 0.25) is 5.02 Å². The summed E-state index contributed by atoms with van der Waals surface area (Å²) in [5.41, 5.74) is 6.07. The van der Waals surface area contributed by atoms with Crippen LogP contribution in [-0.4, -0.2) is 31.5 Å². The predicted molar refractivity (Wildman–Crippen MR) is 64.7 cm³/mol. The number of nitrogen functional groups attached to an aromatic ring is 1. The maximum Gasteiger partial charge on any atom is 0.225 e. The van der Waals surface area contributed by atoms with E-state index in [1.54, 1.807) is 32.3 Å². The van der Waals surface area contributed by atoms with Crippen molar-refractivity contribution in [1.29, 1.82) is 0 Å². The molecule has 1 aromatic carbocycles. The Hall–Kier alpha value is -1.42. The van der Waals surface area contributed by atoms with Crippen LogP contribution < -0.4 is 10.5 Å². The Bertz CT molecular complexity index is 380. The lowest BCUT2D eigenvalue weighted by atomic mass is 10.3. The first-order valence-corrected chi connectivity index (χ1v) is 5.26. The van der Waals surface area contributed by atoms with Gasteiger partial charge in [0, 0.05) is 20.2 Å². The topological polar surface area (TPSA) is 55.6 Å². The molecule has 0 spiro atoms. The SMILES string of the molecule is CN(C)C(=O)CCOc1ccc(N)c(Cl)c1. The third kappa shape index (κ3) is 3.62. The van der Waals surface area contributed by atoms with Gasteiger partial charge in [0.15, 0.2) is 0 Å². The highest BCUT2D eigenvalue weighted by Crippen LogP contribution is 2.24. The average molecular weight is 243 g/mol. The zero-order chi connectivity index (χ0) is 12.1. The third-order valence-electron chi connectivity index (χ3n) is 2.06. The highest BCUT2D eigenvalue weighted by molar-refractivity contribution is 6.33. The van der Waals surface area contributed by atoms with Crippen LogP contribution in [0.3, 0.4) is 0 Å². The molecule has 16 heavy (non-hydrogen) atoms. The Morgan fingerprint density at radius 1 is 1.50 bits per heavy atom. The molecule has 5 heteroatoms. The molecule has 88 valence electrons. The van der Waals surface area contributed by atoms with E-state index in [1.165, 1.54) is 4.90 Å². The fraction of sp³-hybridized carbons (Fsp3) is 0.364. The molecule has 0 saturated heterocycles. The fourth-order valence-electron chi connectivity index (χ4n) is 1.08. The van der Waals surface area contributed by atoms with Crippen LogP contribution >= 0.6 is 11.6 Å². The average Bonchev–Trinajstić information content (AvgIpc) is 2.23. The van der Waals surface area contributed by atoms with E-state index in [4.69, 9.17) is 22.1 Å². The lowest BCUT2D eigenvalue weighted by Gasteiger charge is -2.11. The number of halogens is 1. The van der Waals surface area contributed by atoms with E-state index >= 15 is 0 Å². The van der Waals surface area contributed by atoms with Gasteiger partial charge in [0.05, 0.1) is 23.7 Å². The number of nitrogens with two attached hydrogens (primary N) is 1. The van der Waals surface area contributed by atoms with Crippen molar-refractivity contribution in [3.05, 3.63) is 23.2 Å². The fourth-order valence-corrected chi connectivity index (χ4v) is 1.25. The first-order valence-electron chi connectivity index (χ1n) is 4.88. The van der Waals surface area contributed by atoms with Crippen molar-refractivity contribution >= 4 is 23.2 Å². The van der Waals surface area contributed by atoms with E-state index < -0.39 is 0 Å². The minimum atomic E-state index is 0.0292. The molecule has 0 aliphatic rings. The summed E-state index contributed by atoms with van der Waals surface area (Å²) in [6.07, 6.45) is 0.342. The molecule has 0 bridgehead atoms. The second-order valence-corrected chi connectivity index (χ2v) is 3.98. The van der Waals surface area contributed by atoms with Crippen molar-refractivity contribution in [2.45, 2.75) is 6.42 Å². The first-order chi connectivity index (χ1) is 7.50. The number of ether oxygens (including phenoxy) is 1. The highest BCUT2D eigenvalue weighted by Gasteiger charge is 2.04. The summed E-state index contributed by atoms with van der Waals surface area (Å²) in [4.78, 5) is 12.8. The zero-order valence-corrected chi connectivity index (χ0v) is 10.1. The van der Waals surface area contributed by atoms with E-state index in [-0.39, 0.29) is 5.91 Å². The lowest BCUT2D eigenvalue weighted by molar-refractivity contribution is -0.129. The zero-order valence-electron chi connectivity index (χ0n) is 9.37. The van der Waals surface area contributed by atoms with E-state index in [1.807, 2.05) is 0 Å². The second-order valence-electron chi connectivity index (χ2n) is 3.57. The van der Waals surface area contributed by atoms with Gasteiger partial charge in [0.2, 0.25) is 5.91 Å². The minimum absolute atomic E-state index is 0.0292. The van der Waals surface area contributed by atoms with Crippen molar-refractivity contribution in [1.82, 2.24) is 4.90 Å². The number of rotatable bonds is 4. The summed E-state index contributed by atoms with van der Waals surface area (Å²) in [6.45, 7) is 0.331. The van der Waals surface area contributed by atoms with Gasteiger partial charge in [-0.15, -0.1) is 0 Å². The molecular formula is C11H15ClN2O2. The van der Waals surface area contributed by atoms with Crippen LogP contribution in [0.5, 0.6) is 5.75 Å². The van der Waals surface area contributed by atoms with Crippen LogP contribution in [0.1, 0.15) is 6.42 Å². The van der Waals surface area contributed by atoms with E-state index in [0.29, 0.717) is 29.5 Å². The van der Waals surface area contributed by atoms with Gasteiger partial charge in [-0.25, -0.2) is 0 Å². The molecule has 0 aliphatic heterocycles. The maximum absolute atomic E-state index is 11.3. The van der Waals surface area contributed by atoms with Crippen LogP contribution in [0, 0.1) is 0 Å². The number of amides is 1. The molecule has 1 aromatic rings. The highest BCUT2D eigenvalue weighted by atomic mass is 35.5. The largest absolute Gasteiger partial charge is 0.493 e. The van der Waals surface area contributed by atoms with Crippen molar-refractivity contribution in [3.63, 3.8) is 0 Å². The molecule has 0 atom stereocenters. The number of anilines is 1. The van der Waals surface area contributed by atoms with Gasteiger partial charge in [-0.3, -0.25) is 4.79 Å². The van der Waals surface area contributed by atoms with Crippen LogP contribution in [0.15, 0.2) is 18.2 Å². The summed E-state index contributed by atoms with van der Waals surface area (Å²) in [7, 11) is 3.42. The smallest absolute Gasteiger partial charge is 0.225 e. The van der Waals surface area contributed by atoms with Gasteiger partial charge in [0.1, 0.15) is 5.75 Å². The van der Waals surface area contributed by atoms with Crippen LogP contribution in [0.4, 0.5) is 5.69 Å². The molecule has 4 nitrogen and oxygen atoms in total. The van der Waals surface area contributed by atoms with Gasteiger partial charge in [-0.05, 0) is 12.1 Å². The van der Waals surface area contributed by atoms with Crippen molar-refractivity contribution in [2.75, 3.05) is 26.4 Å². The van der Waals surface area contributed by atoms with Crippen molar-refractivity contribution < 1.29 is 9.53 Å². The molecular weight excluding hydrogens is 228 g/mol. The van der Waals surface area contributed by atoms with Crippen LogP contribution in [0.25, 0.3) is 0 Å². The number of carbonyl (C=O) groups is 1. The van der Waals surface area contributed by atoms with Gasteiger partial charge in [0.25, 0.3) is 0 Å². The molecule has 1 rings (SSSR count). The molecule has 0 unspecified atom stereocenters. The van der Waals surface area contributed by atoms with Crippen molar-refractivity contribution in [3.8, 4) is 5.75 Å². The standard InChI is InChI=1S/C11H15ClN2O2/c1-14(2)11(15)5-6-16-8-3-4-10(13)9(12)7-8/h3-4,7H,5-6,13H2,1-2H3. The summed E-state index contributed by atoms with van der Waals surface area (Å²) in [5.74, 6) is 0.646. The van der Waals surface area contributed by atoms with Gasteiger partial charge in [-0.2, -0.15) is 0 Å². The first kappa shape index (κ1) is 12.6. The quantitative estimate of drug-likeness (QED) is 0.819. The number of hydrogen-bond acceptors (Lipinski definition) is 3. The van der Waals surface area contributed by atoms with Crippen LogP contribution in [-0.2, 0) is 4.79 Å².